The molecule has 0 saturated carbocycles. The Kier molecular flexibility index (Phi) is 5.34. The third kappa shape index (κ3) is 4.01. The molecule has 2 atom stereocenters. The first-order valence-electron chi connectivity index (χ1n) is 7.34. The van der Waals surface area contributed by atoms with Crippen LogP contribution in [0.5, 0.6) is 0 Å². The molecular formula is C14H25N3O2. The van der Waals surface area contributed by atoms with E-state index in [0.29, 0.717) is 18.6 Å². The summed E-state index contributed by atoms with van der Waals surface area (Å²) in [5.74, 6) is 2.27. The van der Waals surface area contributed by atoms with Gasteiger partial charge in [0.2, 0.25) is 5.89 Å². The predicted molar refractivity (Wildman–Crippen MR) is 73.1 cm³/mol. The maximum Gasteiger partial charge on any atom is 0.233 e. The first-order valence-corrected chi connectivity index (χ1v) is 7.34. The van der Waals surface area contributed by atoms with E-state index in [1.807, 2.05) is 0 Å². The summed E-state index contributed by atoms with van der Waals surface area (Å²) in [5, 5.41) is 7.64. The van der Waals surface area contributed by atoms with Crippen molar-refractivity contribution in [1.82, 2.24) is 15.5 Å². The smallest absolute Gasteiger partial charge is 0.233 e. The number of aromatic nitrogens is 2. The van der Waals surface area contributed by atoms with Gasteiger partial charge in [0.25, 0.3) is 0 Å². The van der Waals surface area contributed by atoms with Gasteiger partial charge >= 0.3 is 0 Å². The maximum atomic E-state index is 5.57. The van der Waals surface area contributed by atoms with Crippen LogP contribution in [0.3, 0.4) is 0 Å². The molecule has 1 aliphatic heterocycles. The van der Waals surface area contributed by atoms with E-state index in [-0.39, 0.29) is 5.92 Å². The average Bonchev–Trinajstić information content (AvgIpc) is 2.84. The minimum atomic E-state index is 0.189. The highest BCUT2D eigenvalue weighted by Crippen LogP contribution is 2.25. The molecule has 1 aliphatic rings. The van der Waals surface area contributed by atoms with Crippen molar-refractivity contribution in [3.63, 3.8) is 0 Å². The lowest BCUT2D eigenvalue weighted by molar-refractivity contribution is 0.0498. The van der Waals surface area contributed by atoms with Crippen LogP contribution in [0.4, 0.5) is 0 Å². The van der Waals surface area contributed by atoms with Crippen molar-refractivity contribution in [2.75, 3.05) is 19.8 Å². The van der Waals surface area contributed by atoms with Crippen LogP contribution in [-0.4, -0.2) is 35.9 Å². The summed E-state index contributed by atoms with van der Waals surface area (Å²) in [7, 11) is 0. The normalized spacial score (nSPS) is 24.0. The second kappa shape index (κ2) is 7.01. The Morgan fingerprint density at radius 2 is 2.26 bits per heavy atom. The summed E-state index contributed by atoms with van der Waals surface area (Å²) in [5.41, 5.74) is 0. The summed E-state index contributed by atoms with van der Waals surface area (Å²) in [6.07, 6.45) is 3.00. The Hall–Kier alpha value is -0.940. The summed E-state index contributed by atoms with van der Waals surface area (Å²) in [4.78, 5) is 4.53. The highest BCUT2D eigenvalue weighted by molar-refractivity contribution is 5.01. The molecule has 0 radical (unpaired) electrons. The number of rotatable bonds is 6. The lowest BCUT2D eigenvalue weighted by Crippen LogP contribution is -2.41. The number of hydrogen-bond donors (Lipinski definition) is 1. The van der Waals surface area contributed by atoms with Gasteiger partial charge in [0.15, 0.2) is 5.82 Å². The van der Waals surface area contributed by atoms with Gasteiger partial charge in [-0.1, -0.05) is 25.9 Å². The molecule has 1 aromatic rings. The highest BCUT2D eigenvalue weighted by atomic mass is 16.5. The van der Waals surface area contributed by atoms with Crippen molar-refractivity contribution in [2.24, 2.45) is 5.92 Å². The Balaban J connectivity index is 2.02. The van der Waals surface area contributed by atoms with E-state index in [1.54, 1.807) is 0 Å². The van der Waals surface area contributed by atoms with Crippen LogP contribution >= 0.6 is 0 Å². The molecule has 0 amide bonds. The van der Waals surface area contributed by atoms with Crippen LogP contribution in [0.2, 0.25) is 0 Å². The molecule has 108 valence electrons. The molecule has 1 fully saturated rings. The third-order valence-corrected chi connectivity index (χ3v) is 3.40. The fraction of sp³-hybridized carbons (Fsp3) is 0.857. The molecule has 1 saturated heterocycles. The van der Waals surface area contributed by atoms with Crippen molar-refractivity contribution in [3.05, 3.63) is 11.7 Å². The summed E-state index contributed by atoms with van der Waals surface area (Å²) < 4.78 is 11.0. The zero-order chi connectivity index (χ0) is 13.7. The lowest BCUT2D eigenvalue weighted by Gasteiger charge is -2.29. The lowest BCUT2D eigenvalue weighted by atomic mass is 9.95. The topological polar surface area (TPSA) is 60.2 Å². The van der Waals surface area contributed by atoms with Crippen LogP contribution in [-0.2, 0) is 11.2 Å². The largest absolute Gasteiger partial charge is 0.381 e. The highest BCUT2D eigenvalue weighted by Gasteiger charge is 2.31. The molecule has 5 nitrogen and oxygen atoms in total. The molecule has 5 heteroatoms. The van der Waals surface area contributed by atoms with E-state index in [0.717, 1.165) is 44.1 Å². The number of hydrogen-bond acceptors (Lipinski definition) is 5. The molecule has 19 heavy (non-hydrogen) atoms. The number of ether oxygens (including phenoxy) is 1. The van der Waals surface area contributed by atoms with Crippen molar-refractivity contribution < 1.29 is 9.26 Å². The van der Waals surface area contributed by atoms with E-state index in [9.17, 15) is 0 Å². The van der Waals surface area contributed by atoms with E-state index < -0.39 is 0 Å². The minimum Gasteiger partial charge on any atom is -0.381 e. The van der Waals surface area contributed by atoms with Gasteiger partial charge in [0, 0.05) is 19.1 Å². The standard InChI is InChI=1S/C14H25N3O2/c1-4-6-15-12-5-7-18-9-11(12)14-16-13(17-19-14)8-10(2)3/h10-12,15H,4-9H2,1-3H3. The molecule has 2 heterocycles. The zero-order valence-corrected chi connectivity index (χ0v) is 12.2. The molecule has 2 unspecified atom stereocenters. The van der Waals surface area contributed by atoms with E-state index in [1.165, 1.54) is 0 Å². The van der Waals surface area contributed by atoms with Gasteiger partial charge in [-0.25, -0.2) is 0 Å². The van der Waals surface area contributed by atoms with E-state index in [4.69, 9.17) is 9.26 Å². The van der Waals surface area contributed by atoms with E-state index >= 15 is 0 Å². The van der Waals surface area contributed by atoms with E-state index in [2.05, 4.69) is 36.2 Å². The molecule has 0 bridgehead atoms. The van der Waals surface area contributed by atoms with Crippen LogP contribution in [0.25, 0.3) is 0 Å². The van der Waals surface area contributed by atoms with Gasteiger partial charge in [0.1, 0.15) is 0 Å². The Labute approximate surface area is 115 Å². The van der Waals surface area contributed by atoms with Crippen LogP contribution in [0, 0.1) is 5.92 Å². The first-order chi connectivity index (χ1) is 9.20. The van der Waals surface area contributed by atoms with Crippen molar-refractivity contribution in [1.29, 1.82) is 0 Å². The van der Waals surface area contributed by atoms with Crippen LogP contribution < -0.4 is 5.32 Å². The van der Waals surface area contributed by atoms with Crippen molar-refractivity contribution in [3.8, 4) is 0 Å². The van der Waals surface area contributed by atoms with Crippen molar-refractivity contribution in [2.45, 2.75) is 52.0 Å². The molecule has 1 aromatic heterocycles. The van der Waals surface area contributed by atoms with Gasteiger partial charge < -0.3 is 14.6 Å². The zero-order valence-electron chi connectivity index (χ0n) is 12.2. The third-order valence-electron chi connectivity index (χ3n) is 3.40. The molecule has 0 spiro atoms. The first kappa shape index (κ1) is 14.5. The quantitative estimate of drug-likeness (QED) is 0.855. The van der Waals surface area contributed by atoms with Gasteiger partial charge in [-0.05, 0) is 25.3 Å². The second-order valence-corrected chi connectivity index (χ2v) is 5.68. The Bertz CT molecular complexity index is 379. The monoisotopic (exact) mass is 267 g/mol. The summed E-state index contributed by atoms with van der Waals surface area (Å²) >= 11 is 0. The summed E-state index contributed by atoms with van der Waals surface area (Å²) in [6, 6.07) is 0.390. The number of nitrogens with one attached hydrogen (secondary N) is 1. The fourth-order valence-corrected chi connectivity index (χ4v) is 2.42. The maximum absolute atomic E-state index is 5.57. The number of nitrogens with zero attached hydrogens (tertiary/aromatic N) is 2. The molecular weight excluding hydrogens is 242 g/mol. The predicted octanol–water partition coefficient (Wildman–Crippen LogP) is 2.14. The fourth-order valence-electron chi connectivity index (χ4n) is 2.42. The average molecular weight is 267 g/mol. The van der Waals surface area contributed by atoms with Crippen molar-refractivity contribution >= 4 is 0 Å². The molecule has 0 aliphatic carbocycles. The van der Waals surface area contributed by atoms with Gasteiger partial charge in [0.05, 0.1) is 12.5 Å². The molecule has 0 aromatic carbocycles. The van der Waals surface area contributed by atoms with Crippen LogP contribution in [0.15, 0.2) is 4.52 Å². The second-order valence-electron chi connectivity index (χ2n) is 5.68. The summed E-state index contributed by atoms with van der Waals surface area (Å²) in [6.45, 7) is 9.00. The van der Waals surface area contributed by atoms with Gasteiger partial charge in [-0.2, -0.15) is 4.98 Å². The minimum absolute atomic E-state index is 0.189. The van der Waals surface area contributed by atoms with Gasteiger partial charge in [-0.3, -0.25) is 0 Å². The van der Waals surface area contributed by atoms with Gasteiger partial charge in [-0.15, -0.1) is 0 Å². The SMILES string of the molecule is CCCNC1CCOCC1c1nc(CC(C)C)no1. The van der Waals surface area contributed by atoms with Crippen LogP contribution in [0.1, 0.15) is 51.2 Å². The Morgan fingerprint density at radius 3 is 3.00 bits per heavy atom. The molecule has 1 N–H and O–H groups in total. The molecule has 2 rings (SSSR count). The Morgan fingerprint density at radius 1 is 1.42 bits per heavy atom.